The molecular weight excluding hydrogens is 398 g/mol. The molecule has 9 nitrogen and oxygen atoms in total. The van der Waals surface area contributed by atoms with E-state index in [1.54, 1.807) is 20.3 Å². The fraction of sp³-hybridized carbons (Fsp3) is 0.455. The number of aromatic nitrogens is 4. The van der Waals surface area contributed by atoms with E-state index in [9.17, 15) is 4.79 Å². The Hall–Kier alpha value is -3.36. The molecule has 3 heterocycles. The highest BCUT2D eigenvalue weighted by Crippen LogP contribution is 2.41. The molecule has 1 aliphatic carbocycles. The van der Waals surface area contributed by atoms with Crippen molar-refractivity contribution >= 4 is 5.91 Å². The van der Waals surface area contributed by atoms with Crippen molar-refractivity contribution < 1.29 is 18.8 Å². The van der Waals surface area contributed by atoms with Crippen LogP contribution in [0.25, 0.3) is 11.4 Å². The highest BCUT2D eigenvalue weighted by atomic mass is 16.5. The highest BCUT2D eigenvalue weighted by Gasteiger charge is 2.42. The maximum atomic E-state index is 13.2. The topological polar surface area (TPSA) is 95.5 Å². The van der Waals surface area contributed by atoms with Crippen molar-refractivity contribution in [3.8, 4) is 22.9 Å². The molecule has 0 spiro atoms. The van der Waals surface area contributed by atoms with Gasteiger partial charge in [-0.3, -0.25) is 4.79 Å². The van der Waals surface area contributed by atoms with Crippen LogP contribution in [0.15, 0.2) is 28.8 Å². The number of hydrogen-bond acceptors (Lipinski definition) is 7. The Bertz CT molecular complexity index is 1120. The summed E-state index contributed by atoms with van der Waals surface area (Å²) in [6, 6.07) is 7.62. The van der Waals surface area contributed by atoms with Gasteiger partial charge in [0.05, 0.1) is 38.5 Å². The first-order valence-corrected chi connectivity index (χ1v) is 10.5. The minimum atomic E-state index is -0.139. The molecule has 2 atom stereocenters. The minimum absolute atomic E-state index is 0.0639. The quantitative estimate of drug-likeness (QED) is 0.635. The average Bonchev–Trinajstić information content (AvgIpc) is 3.44. The van der Waals surface area contributed by atoms with E-state index >= 15 is 0 Å². The molecule has 9 heteroatoms. The molecule has 0 unspecified atom stereocenters. The van der Waals surface area contributed by atoms with Gasteiger partial charge in [0.15, 0.2) is 23.1 Å². The van der Waals surface area contributed by atoms with E-state index in [1.807, 2.05) is 30.0 Å². The molecule has 0 bridgehead atoms. The van der Waals surface area contributed by atoms with Gasteiger partial charge in [-0.2, -0.15) is 0 Å². The Balaban J connectivity index is 1.55. The standard InChI is InChI=1S/C22H25N5O4/c1-13-10-19(31-25-13)22(28)26-12-20-23-24-21(27(20)16-7-5-4-6-15(16)26)14-8-9-17(29-2)18(11-14)30-3/h8-11,15-16H,4-7,12H2,1-3H3/t15-,16+/m0/s1. The molecule has 1 amide bonds. The van der Waals surface area contributed by atoms with Gasteiger partial charge in [0, 0.05) is 11.6 Å². The van der Waals surface area contributed by atoms with E-state index in [1.165, 1.54) is 0 Å². The summed E-state index contributed by atoms with van der Waals surface area (Å²) in [6.07, 6.45) is 4.10. The van der Waals surface area contributed by atoms with Crippen molar-refractivity contribution in [3.05, 3.63) is 41.5 Å². The Morgan fingerprint density at radius 3 is 2.55 bits per heavy atom. The maximum absolute atomic E-state index is 13.2. The van der Waals surface area contributed by atoms with E-state index in [0.29, 0.717) is 23.7 Å². The Morgan fingerprint density at radius 2 is 1.84 bits per heavy atom. The normalized spacial score (nSPS) is 20.2. The molecule has 3 aromatic rings. The first kappa shape index (κ1) is 19.6. The molecule has 0 radical (unpaired) electrons. The van der Waals surface area contributed by atoms with E-state index in [2.05, 4.69) is 19.9 Å². The number of carbonyl (C=O) groups excluding carboxylic acids is 1. The predicted octanol–water partition coefficient (Wildman–Crippen LogP) is 3.40. The SMILES string of the molecule is COc1ccc(-c2nnc3n2[C@@H]2CCCC[C@@H]2N(C(=O)c2cc(C)no2)C3)cc1OC. The van der Waals surface area contributed by atoms with Gasteiger partial charge in [-0.15, -0.1) is 10.2 Å². The van der Waals surface area contributed by atoms with Gasteiger partial charge < -0.3 is 23.5 Å². The zero-order valence-corrected chi connectivity index (χ0v) is 17.9. The third-order valence-electron chi connectivity index (χ3n) is 6.25. The van der Waals surface area contributed by atoms with Crippen LogP contribution in [0.1, 0.15) is 53.8 Å². The Morgan fingerprint density at radius 1 is 1.06 bits per heavy atom. The van der Waals surface area contributed by atoms with Crippen LogP contribution in [0.4, 0.5) is 0 Å². The molecule has 31 heavy (non-hydrogen) atoms. The van der Waals surface area contributed by atoms with Crippen LogP contribution in [0.5, 0.6) is 11.5 Å². The monoisotopic (exact) mass is 423 g/mol. The van der Waals surface area contributed by atoms with E-state index < -0.39 is 0 Å². The zero-order chi connectivity index (χ0) is 21.5. The molecule has 0 saturated heterocycles. The number of amides is 1. The number of carbonyl (C=O) groups is 1. The van der Waals surface area contributed by atoms with Crippen LogP contribution in [-0.2, 0) is 6.54 Å². The second kappa shape index (κ2) is 7.72. The average molecular weight is 423 g/mol. The zero-order valence-electron chi connectivity index (χ0n) is 17.9. The number of aryl methyl sites for hydroxylation is 1. The first-order chi connectivity index (χ1) is 15.1. The Labute approximate surface area is 179 Å². The van der Waals surface area contributed by atoms with Crippen molar-refractivity contribution in [2.24, 2.45) is 0 Å². The van der Waals surface area contributed by atoms with Gasteiger partial charge in [0.2, 0.25) is 5.76 Å². The van der Waals surface area contributed by atoms with Gasteiger partial charge in [-0.1, -0.05) is 18.0 Å². The lowest BCUT2D eigenvalue weighted by atomic mass is 9.87. The molecule has 0 N–H and O–H groups in total. The molecule has 1 fully saturated rings. The summed E-state index contributed by atoms with van der Waals surface area (Å²) in [4.78, 5) is 15.1. The summed E-state index contributed by atoms with van der Waals surface area (Å²) in [5, 5.41) is 12.8. The number of methoxy groups -OCH3 is 2. The van der Waals surface area contributed by atoms with E-state index in [-0.39, 0.29) is 23.8 Å². The second-order valence-corrected chi connectivity index (χ2v) is 8.06. The number of fused-ring (bicyclic) bond motifs is 3. The van der Waals surface area contributed by atoms with Gasteiger partial charge >= 0.3 is 0 Å². The van der Waals surface area contributed by atoms with Crippen molar-refractivity contribution in [1.82, 2.24) is 24.8 Å². The van der Waals surface area contributed by atoms with Crippen LogP contribution in [0.2, 0.25) is 0 Å². The van der Waals surface area contributed by atoms with Crippen molar-refractivity contribution in [2.45, 2.75) is 51.2 Å². The van der Waals surface area contributed by atoms with Gasteiger partial charge in [-0.25, -0.2) is 0 Å². The summed E-state index contributed by atoms with van der Waals surface area (Å²) in [6.45, 7) is 2.20. The predicted molar refractivity (Wildman–Crippen MR) is 111 cm³/mol. The smallest absolute Gasteiger partial charge is 0.293 e. The molecule has 1 aromatic carbocycles. The van der Waals surface area contributed by atoms with Crippen LogP contribution >= 0.6 is 0 Å². The van der Waals surface area contributed by atoms with Crippen LogP contribution in [0.3, 0.4) is 0 Å². The number of benzene rings is 1. The summed E-state index contributed by atoms with van der Waals surface area (Å²) in [5.74, 6) is 3.01. The van der Waals surface area contributed by atoms with Crippen LogP contribution in [0, 0.1) is 6.92 Å². The molecule has 2 aliphatic rings. The second-order valence-electron chi connectivity index (χ2n) is 8.06. The fourth-order valence-corrected chi connectivity index (χ4v) is 4.81. The number of hydrogen-bond donors (Lipinski definition) is 0. The molecule has 1 saturated carbocycles. The van der Waals surface area contributed by atoms with E-state index in [0.717, 1.165) is 42.9 Å². The van der Waals surface area contributed by atoms with Crippen molar-refractivity contribution in [1.29, 1.82) is 0 Å². The number of nitrogens with zero attached hydrogens (tertiary/aromatic N) is 5. The summed E-state index contributed by atoms with van der Waals surface area (Å²) in [7, 11) is 3.23. The lowest BCUT2D eigenvalue weighted by Crippen LogP contribution is -2.50. The molecule has 1 aliphatic heterocycles. The van der Waals surface area contributed by atoms with Crippen LogP contribution in [-0.4, -0.2) is 51.0 Å². The third kappa shape index (κ3) is 3.24. The summed E-state index contributed by atoms with van der Waals surface area (Å²) < 4.78 is 18.3. The van der Waals surface area contributed by atoms with Crippen molar-refractivity contribution in [2.75, 3.05) is 14.2 Å². The van der Waals surface area contributed by atoms with Crippen LogP contribution < -0.4 is 9.47 Å². The molecule has 2 aromatic heterocycles. The van der Waals surface area contributed by atoms with Gasteiger partial charge in [0.1, 0.15) is 0 Å². The summed E-state index contributed by atoms with van der Waals surface area (Å²) in [5.41, 5.74) is 1.60. The maximum Gasteiger partial charge on any atom is 0.293 e. The largest absolute Gasteiger partial charge is 0.493 e. The lowest BCUT2D eigenvalue weighted by molar-refractivity contribution is 0.0383. The molecular formula is C22H25N5O4. The minimum Gasteiger partial charge on any atom is -0.493 e. The number of ether oxygens (including phenoxy) is 2. The van der Waals surface area contributed by atoms with Gasteiger partial charge in [0.25, 0.3) is 5.91 Å². The highest BCUT2D eigenvalue weighted by molar-refractivity contribution is 5.91. The fourth-order valence-electron chi connectivity index (χ4n) is 4.81. The number of rotatable bonds is 4. The summed E-state index contributed by atoms with van der Waals surface area (Å²) >= 11 is 0. The molecule has 5 rings (SSSR count). The Kier molecular flexibility index (Phi) is 4.88. The van der Waals surface area contributed by atoms with Gasteiger partial charge in [-0.05, 0) is 38.0 Å². The van der Waals surface area contributed by atoms with Crippen molar-refractivity contribution in [3.63, 3.8) is 0 Å². The van der Waals surface area contributed by atoms with E-state index in [4.69, 9.17) is 14.0 Å². The third-order valence-corrected chi connectivity index (χ3v) is 6.25. The molecule has 162 valence electrons. The lowest BCUT2D eigenvalue weighted by Gasteiger charge is -2.44. The first-order valence-electron chi connectivity index (χ1n) is 10.5.